The van der Waals surface area contributed by atoms with Crippen molar-refractivity contribution in [3.8, 4) is 0 Å². The Bertz CT molecular complexity index is 693. The zero-order chi connectivity index (χ0) is 16.3. The summed E-state index contributed by atoms with van der Waals surface area (Å²) in [5.41, 5.74) is 1.53. The minimum atomic E-state index is -3.33. The average molecular weight is 342 g/mol. The van der Waals surface area contributed by atoms with Gasteiger partial charge in [-0.05, 0) is 31.9 Å². The van der Waals surface area contributed by atoms with Crippen LogP contribution in [0.4, 0.5) is 0 Å². The quantitative estimate of drug-likeness (QED) is 0.777. The van der Waals surface area contributed by atoms with Crippen LogP contribution in [-0.2, 0) is 14.6 Å². The lowest BCUT2D eigenvalue weighted by Gasteiger charge is -2.18. The van der Waals surface area contributed by atoms with Gasteiger partial charge >= 0.3 is 0 Å². The number of carbonyl (C=O) groups is 1. The van der Waals surface area contributed by atoms with Gasteiger partial charge in [0.2, 0.25) is 5.91 Å². The molecular formula is C16H20ClNO3S. The fourth-order valence-electron chi connectivity index (χ4n) is 2.59. The van der Waals surface area contributed by atoms with Crippen LogP contribution in [0.2, 0.25) is 5.02 Å². The lowest BCUT2D eigenvalue weighted by Crippen LogP contribution is -2.32. The summed E-state index contributed by atoms with van der Waals surface area (Å²) in [6.45, 7) is 4.33. The van der Waals surface area contributed by atoms with Crippen molar-refractivity contribution < 1.29 is 13.2 Å². The van der Waals surface area contributed by atoms with Crippen LogP contribution in [0.3, 0.4) is 0 Å². The molecule has 0 saturated carbocycles. The second-order valence-electron chi connectivity index (χ2n) is 5.71. The van der Waals surface area contributed by atoms with Gasteiger partial charge in [-0.2, -0.15) is 0 Å². The van der Waals surface area contributed by atoms with Gasteiger partial charge in [0.15, 0.2) is 9.84 Å². The van der Waals surface area contributed by atoms with Gasteiger partial charge in [-0.25, -0.2) is 8.42 Å². The van der Waals surface area contributed by atoms with Crippen molar-refractivity contribution in [2.75, 3.05) is 18.8 Å². The molecule has 1 unspecified atom stereocenters. The second-order valence-corrected chi connectivity index (χ2v) is 8.42. The number of hydrogen-bond acceptors (Lipinski definition) is 3. The van der Waals surface area contributed by atoms with Gasteiger partial charge in [-0.15, -0.1) is 0 Å². The number of amides is 1. The summed E-state index contributed by atoms with van der Waals surface area (Å²) in [5, 5.41) is -0.189. The van der Waals surface area contributed by atoms with E-state index < -0.39 is 15.1 Å². The van der Waals surface area contributed by atoms with Crippen LogP contribution in [-0.4, -0.2) is 38.1 Å². The van der Waals surface area contributed by atoms with E-state index in [1.54, 1.807) is 35.2 Å². The minimum absolute atomic E-state index is 0.0365. The summed E-state index contributed by atoms with van der Waals surface area (Å²) in [5.74, 6) is -0.166. The van der Waals surface area contributed by atoms with Crippen LogP contribution in [0.25, 0.3) is 0 Å². The number of sulfone groups is 1. The average Bonchev–Trinajstić information content (AvgIpc) is 2.57. The summed E-state index contributed by atoms with van der Waals surface area (Å²) >= 11 is 6.15. The number of halogens is 1. The SMILES string of the molecule is CC(C)=CC(=O)N1CCC(c2ccccc2Cl)S(=O)(=O)CC1. The summed E-state index contributed by atoms with van der Waals surface area (Å²) in [4.78, 5) is 13.7. The predicted molar refractivity (Wildman–Crippen MR) is 88.6 cm³/mol. The third kappa shape index (κ3) is 3.90. The Kier molecular flexibility index (Phi) is 5.29. The molecule has 1 amide bonds. The van der Waals surface area contributed by atoms with Crippen molar-refractivity contribution in [2.45, 2.75) is 25.5 Å². The molecule has 0 spiro atoms. The number of benzene rings is 1. The van der Waals surface area contributed by atoms with E-state index in [0.717, 1.165) is 5.57 Å². The third-order valence-corrected chi connectivity index (χ3v) is 6.17. The zero-order valence-corrected chi connectivity index (χ0v) is 14.3. The molecule has 0 N–H and O–H groups in total. The first-order valence-electron chi connectivity index (χ1n) is 7.21. The lowest BCUT2D eigenvalue weighted by atomic mass is 10.1. The topological polar surface area (TPSA) is 54.5 Å². The van der Waals surface area contributed by atoms with Crippen LogP contribution in [0.15, 0.2) is 35.9 Å². The molecule has 1 heterocycles. The Morgan fingerprint density at radius 2 is 1.95 bits per heavy atom. The molecule has 4 nitrogen and oxygen atoms in total. The third-order valence-electron chi connectivity index (χ3n) is 3.72. The molecule has 1 saturated heterocycles. The first-order valence-corrected chi connectivity index (χ1v) is 9.30. The molecule has 120 valence electrons. The summed E-state index contributed by atoms with van der Waals surface area (Å²) in [7, 11) is -3.33. The molecule has 2 rings (SSSR count). The Hall–Kier alpha value is -1.33. The highest BCUT2D eigenvalue weighted by molar-refractivity contribution is 7.91. The predicted octanol–water partition coefficient (Wildman–Crippen LogP) is 2.99. The summed E-state index contributed by atoms with van der Waals surface area (Å²) in [6, 6.07) is 7.01. The van der Waals surface area contributed by atoms with Crippen molar-refractivity contribution in [2.24, 2.45) is 0 Å². The Morgan fingerprint density at radius 1 is 1.27 bits per heavy atom. The molecule has 0 aromatic heterocycles. The molecule has 6 heteroatoms. The molecule has 1 aliphatic heterocycles. The van der Waals surface area contributed by atoms with Gasteiger partial charge in [0, 0.05) is 24.2 Å². The van der Waals surface area contributed by atoms with Gasteiger partial charge in [0.1, 0.15) is 0 Å². The largest absolute Gasteiger partial charge is 0.338 e. The fourth-order valence-corrected chi connectivity index (χ4v) is 4.74. The molecule has 1 aromatic carbocycles. The van der Waals surface area contributed by atoms with Gasteiger partial charge in [-0.1, -0.05) is 35.4 Å². The van der Waals surface area contributed by atoms with Crippen molar-refractivity contribution in [3.05, 3.63) is 46.5 Å². The number of carbonyl (C=O) groups excluding carboxylic acids is 1. The van der Waals surface area contributed by atoms with Gasteiger partial charge in [0.25, 0.3) is 0 Å². The molecule has 1 aliphatic rings. The molecule has 22 heavy (non-hydrogen) atoms. The minimum Gasteiger partial charge on any atom is -0.338 e. The Morgan fingerprint density at radius 3 is 2.59 bits per heavy atom. The summed E-state index contributed by atoms with van der Waals surface area (Å²) < 4.78 is 25.1. The van der Waals surface area contributed by atoms with Gasteiger partial charge in [0.05, 0.1) is 11.0 Å². The van der Waals surface area contributed by atoms with Crippen molar-refractivity contribution >= 4 is 27.3 Å². The molecule has 1 aromatic rings. The smallest absolute Gasteiger partial charge is 0.246 e. The van der Waals surface area contributed by atoms with E-state index in [4.69, 9.17) is 11.6 Å². The van der Waals surface area contributed by atoms with E-state index in [1.807, 2.05) is 13.8 Å². The van der Waals surface area contributed by atoms with Crippen molar-refractivity contribution in [3.63, 3.8) is 0 Å². The maximum Gasteiger partial charge on any atom is 0.246 e. The zero-order valence-electron chi connectivity index (χ0n) is 12.8. The maximum absolute atomic E-state index is 12.5. The van der Waals surface area contributed by atoms with E-state index in [2.05, 4.69) is 0 Å². The van der Waals surface area contributed by atoms with E-state index >= 15 is 0 Å². The Balaban J connectivity index is 2.27. The number of rotatable bonds is 2. The number of allylic oxidation sites excluding steroid dienone is 1. The van der Waals surface area contributed by atoms with Crippen molar-refractivity contribution in [1.82, 2.24) is 4.90 Å². The highest BCUT2D eigenvalue weighted by atomic mass is 35.5. The number of nitrogens with zero attached hydrogens (tertiary/aromatic N) is 1. The van der Waals surface area contributed by atoms with E-state index in [0.29, 0.717) is 23.6 Å². The molecule has 0 bridgehead atoms. The van der Waals surface area contributed by atoms with E-state index in [1.165, 1.54) is 0 Å². The van der Waals surface area contributed by atoms with Crippen LogP contribution in [0, 0.1) is 0 Å². The fraction of sp³-hybridized carbons (Fsp3) is 0.438. The second kappa shape index (κ2) is 6.84. The standard InChI is InChI=1S/C16H20ClNO3S/c1-12(2)11-16(19)18-8-7-15(22(20,21)10-9-18)13-5-3-4-6-14(13)17/h3-6,11,15H,7-10H2,1-2H3. The molecule has 1 fully saturated rings. The van der Waals surface area contributed by atoms with Gasteiger partial charge < -0.3 is 4.90 Å². The first kappa shape index (κ1) is 17.0. The first-order chi connectivity index (χ1) is 10.3. The monoisotopic (exact) mass is 341 g/mol. The highest BCUT2D eigenvalue weighted by Crippen LogP contribution is 2.33. The van der Waals surface area contributed by atoms with Crippen molar-refractivity contribution in [1.29, 1.82) is 0 Å². The molecule has 0 aliphatic carbocycles. The van der Waals surface area contributed by atoms with Gasteiger partial charge in [-0.3, -0.25) is 4.79 Å². The lowest BCUT2D eigenvalue weighted by molar-refractivity contribution is -0.125. The summed E-state index contributed by atoms with van der Waals surface area (Å²) in [6.07, 6.45) is 1.91. The Labute approximate surface area is 136 Å². The van der Waals surface area contributed by atoms with E-state index in [9.17, 15) is 13.2 Å². The van der Waals surface area contributed by atoms with Crippen LogP contribution >= 0.6 is 11.6 Å². The van der Waals surface area contributed by atoms with Crippen LogP contribution in [0.1, 0.15) is 31.1 Å². The normalized spacial score (nSPS) is 21.0. The number of hydrogen-bond donors (Lipinski definition) is 0. The highest BCUT2D eigenvalue weighted by Gasteiger charge is 2.33. The maximum atomic E-state index is 12.5. The van der Waals surface area contributed by atoms with E-state index in [-0.39, 0.29) is 18.2 Å². The van der Waals surface area contributed by atoms with Crippen LogP contribution < -0.4 is 0 Å². The molecular weight excluding hydrogens is 322 g/mol. The molecule has 0 radical (unpaired) electrons. The molecule has 1 atom stereocenters. The van der Waals surface area contributed by atoms with Crippen LogP contribution in [0.5, 0.6) is 0 Å².